The van der Waals surface area contributed by atoms with Crippen molar-refractivity contribution in [2.75, 3.05) is 36.0 Å². The Labute approximate surface area is 393 Å². The number of aryl methyl sites for hydroxylation is 1. The lowest BCUT2D eigenvalue weighted by Crippen LogP contribution is -2.42. The van der Waals surface area contributed by atoms with E-state index in [1.807, 2.05) is 60.2 Å². The quantitative estimate of drug-likeness (QED) is 0.0383. The zero-order valence-electron chi connectivity index (χ0n) is 37.7. The SMILES string of the molecule is CCN(C(=O)Cn1c(C(=O)N[C@H]2CC[C@H](C(=O)NCCCCCCNC(=O)c3ccc4c(c3)C3(OC4=O)c4ccc(N)cc4Oc4cc(N)ccc43)CC2)cc2sccc21)c1cccc(C)c1. The van der Waals surface area contributed by atoms with Crippen molar-refractivity contribution >= 4 is 68.2 Å². The maximum atomic E-state index is 13.7. The predicted molar refractivity (Wildman–Crippen MR) is 260 cm³/mol. The van der Waals surface area contributed by atoms with Crippen LogP contribution in [-0.2, 0) is 26.5 Å². The predicted octanol–water partition coefficient (Wildman–Crippen LogP) is 8.19. The minimum absolute atomic E-state index is 0.0444. The lowest BCUT2D eigenvalue weighted by Gasteiger charge is -2.36. The number of unbranched alkanes of at least 4 members (excludes halogenated alkanes) is 3. The number of thiophene rings is 1. The molecule has 0 atom stereocenters. The molecule has 3 aliphatic rings. The maximum Gasteiger partial charge on any atom is 0.340 e. The van der Waals surface area contributed by atoms with Gasteiger partial charge in [-0.05, 0) is 130 Å². The van der Waals surface area contributed by atoms with Gasteiger partial charge in [0.1, 0.15) is 23.7 Å². The second kappa shape index (κ2) is 19.0. The van der Waals surface area contributed by atoms with Crippen LogP contribution in [0.15, 0.2) is 96.4 Å². The standard InChI is InChI=1S/C52H55N7O7S/c1-3-58(37-10-8-9-31(2)25-37)47(60)30-59-42-21-24-67-46(42)29-43(59)50(63)57-36-16-11-32(12-17-36)48(61)55-22-6-4-5-7-23-56-49(62)33-13-18-38-41(26-33)52(66-51(38)64)39-19-14-34(53)27-44(39)65-45-28-35(54)15-20-40(45)52/h8-10,13-15,18-21,24-29,32,36H,3-7,11-12,16-17,22-23,30,53-54H2,1-2H3,(H,55,61)(H,56,62)(H,57,63)/t32-,36-. The molecule has 1 aliphatic carbocycles. The van der Waals surface area contributed by atoms with Gasteiger partial charge in [0.05, 0.1) is 15.8 Å². The third-order valence-electron chi connectivity index (χ3n) is 13.2. The molecule has 1 fully saturated rings. The molecule has 0 unspecified atom stereocenters. The summed E-state index contributed by atoms with van der Waals surface area (Å²) in [7, 11) is 0. The molecule has 1 saturated carbocycles. The number of fused-ring (bicyclic) bond motifs is 7. The number of esters is 1. The fourth-order valence-corrected chi connectivity index (χ4v) is 10.6. The Morgan fingerprint density at radius 3 is 2.18 bits per heavy atom. The van der Waals surface area contributed by atoms with Gasteiger partial charge in [0.2, 0.25) is 11.8 Å². The van der Waals surface area contributed by atoms with E-state index in [-0.39, 0.29) is 42.1 Å². The highest BCUT2D eigenvalue weighted by atomic mass is 32.1. The lowest BCUT2D eigenvalue weighted by molar-refractivity contribution is -0.126. The molecule has 2 aliphatic heterocycles. The molecule has 2 aromatic heterocycles. The molecule has 1 spiro atoms. The number of nitrogen functional groups attached to an aromatic ring is 2. The summed E-state index contributed by atoms with van der Waals surface area (Å²) in [5, 5.41) is 11.3. The maximum absolute atomic E-state index is 13.7. The first-order valence-corrected chi connectivity index (χ1v) is 24.0. The van der Waals surface area contributed by atoms with Crippen LogP contribution in [0.4, 0.5) is 17.1 Å². The average Bonchev–Trinajstić information content (AvgIpc) is 4.00. The number of nitrogens with zero attached hydrogens (tertiary/aromatic N) is 2. The molecule has 346 valence electrons. The van der Waals surface area contributed by atoms with Crippen LogP contribution in [0.2, 0.25) is 0 Å². The highest BCUT2D eigenvalue weighted by molar-refractivity contribution is 7.17. The monoisotopic (exact) mass is 921 g/mol. The van der Waals surface area contributed by atoms with E-state index < -0.39 is 11.6 Å². The summed E-state index contributed by atoms with van der Waals surface area (Å²) >= 11 is 1.54. The third-order valence-corrected chi connectivity index (χ3v) is 14.1. The number of hydrogen-bond donors (Lipinski definition) is 5. The normalized spacial score (nSPS) is 16.6. The van der Waals surface area contributed by atoms with Crippen LogP contribution in [0.3, 0.4) is 0 Å². The van der Waals surface area contributed by atoms with Crippen LogP contribution in [-0.4, -0.2) is 59.8 Å². The van der Waals surface area contributed by atoms with Gasteiger partial charge in [-0.25, -0.2) is 4.79 Å². The van der Waals surface area contributed by atoms with E-state index in [4.69, 9.17) is 20.9 Å². The molecule has 4 amide bonds. The van der Waals surface area contributed by atoms with E-state index >= 15 is 0 Å². The molecule has 9 rings (SSSR count). The molecular formula is C52H55N7O7S. The number of carbonyl (C=O) groups excluding carboxylic acids is 5. The van der Waals surface area contributed by atoms with E-state index in [2.05, 4.69) is 16.0 Å². The molecule has 15 heteroatoms. The van der Waals surface area contributed by atoms with Crippen molar-refractivity contribution in [3.8, 4) is 11.5 Å². The van der Waals surface area contributed by atoms with Gasteiger partial charge in [-0.1, -0.05) is 25.0 Å². The summed E-state index contributed by atoms with van der Waals surface area (Å²) in [6.07, 6.45) is 6.09. The van der Waals surface area contributed by atoms with Gasteiger partial charge in [-0.2, -0.15) is 0 Å². The van der Waals surface area contributed by atoms with Crippen LogP contribution >= 0.6 is 11.3 Å². The van der Waals surface area contributed by atoms with E-state index in [9.17, 15) is 24.0 Å². The molecule has 7 N–H and O–H groups in total. The number of nitrogens with two attached hydrogens (primary N) is 2. The van der Waals surface area contributed by atoms with Crippen molar-refractivity contribution in [2.24, 2.45) is 5.92 Å². The Morgan fingerprint density at radius 2 is 1.49 bits per heavy atom. The first kappa shape index (κ1) is 45.0. The van der Waals surface area contributed by atoms with Crippen molar-refractivity contribution in [3.63, 3.8) is 0 Å². The van der Waals surface area contributed by atoms with E-state index in [0.717, 1.165) is 47.2 Å². The number of anilines is 3. The van der Waals surface area contributed by atoms with Crippen LogP contribution in [0, 0.1) is 12.8 Å². The van der Waals surface area contributed by atoms with Crippen molar-refractivity contribution in [3.05, 3.63) is 135 Å². The second-order valence-electron chi connectivity index (χ2n) is 17.7. The van der Waals surface area contributed by atoms with E-state index in [1.54, 1.807) is 70.8 Å². The zero-order chi connectivity index (χ0) is 46.8. The van der Waals surface area contributed by atoms with Crippen LogP contribution in [0.5, 0.6) is 11.5 Å². The van der Waals surface area contributed by atoms with Crippen molar-refractivity contribution in [1.29, 1.82) is 0 Å². The van der Waals surface area contributed by atoms with E-state index in [0.29, 0.717) is 102 Å². The lowest BCUT2D eigenvalue weighted by atomic mass is 9.77. The number of amides is 4. The molecule has 4 aromatic carbocycles. The first-order chi connectivity index (χ1) is 32.4. The number of benzene rings is 4. The summed E-state index contributed by atoms with van der Waals surface area (Å²) in [5.74, 6) is -0.260. The Morgan fingerprint density at radius 1 is 0.791 bits per heavy atom. The van der Waals surface area contributed by atoms with Crippen LogP contribution < -0.4 is 37.1 Å². The van der Waals surface area contributed by atoms with Crippen molar-refractivity contribution < 1.29 is 33.4 Å². The first-order valence-electron chi connectivity index (χ1n) is 23.1. The molecule has 0 saturated heterocycles. The van der Waals surface area contributed by atoms with Gasteiger partial charge in [0, 0.05) is 83.0 Å². The third kappa shape index (κ3) is 8.95. The van der Waals surface area contributed by atoms with Crippen molar-refractivity contribution in [1.82, 2.24) is 20.5 Å². The van der Waals surface area contributed by atoms with Crippen LogP contribution in [0.1, 0.15) is 112 Å². The Kier molecular flexibility index (Phi) is 12.8. The Bertz CT molecular complexity index is 2840. The molecule has 14 nitrogen and oxygen atoms in total. The van der Waals surface area contributed by atoms with Gasteiger partial charge < -0.3 is 46.4 Å². The van der Waals surface area contributed by atoms with Gasteiger partial charge in [-0.3, -0.25) is 19.2 Å². The Balaban J connectivity index is 0.710. The van der Waals surface area contributed by atoms with Gasteiger partial charge in [0.15, 0.2) is 5.60 Å². The molecular weight excluding hydrogens is 867 g/mol. The summed E-state index contributed by atoms with van der Waals surface area (Å²) in [5.41, 5.74) is 17.5. The largest absolute Gasteiger partial charge is 0.456 e. The number of aromatic nitrogens is 1. The molecule has 6 aromatic rings. The summed E-state index contributed by atoms with van der Waals surface area (Å²) in [6.45, 7) is 5.54. The highest BCUT2D eigenvalue weighted by Gasteiger charge is 2.54. The highest BCUT2D eigenvalue weighted by Crippen LogP contribution is 2.56. The minimum atomic E-state index is -1.35. The van der Waals surface area contributed by atoms with Gasteiger partial charge in [-0.15, -0.1) is 11.3 Å². The average molecular weight is 922 g/mol. The zero-order valence-corrected chi connectivity index (χ0v) is 38.5. The van der Waals surface area contributed by atoms with Crippen LogP contribution in [0.25, 0.3) is 10.2 Å². The summed E-state index contributed by atoms with van der Waals surface area (Å²) in [4.78, 5) is 69.0. The molecule has 0 radical (unpaired) electrons. The van der Waals surface area contributed by atoms with Gasteiger partial charge in [0.25, 0.3) is 11.8 Å². The van der Waals surface area contributed by atoms with Crippen molar-refractivity contribution in [2.45, 2.75) is 83.4 Å². The number of hydrogen-bond acceptors (Lipinski definition) is 10. The summed E-state index contributed by atoms with van der Waals surface area (Å²) < 4.78 is 15.2. The number of rotatable bonds is 15. The fraction of sp³-hybridized carbons (Fsp3) is 0.327. The Hall–Kier alpha value is -7.13. The van der Waals surface area contributed by atoms with E-state index in [1.165, 1.54) is 0 Å². The number of nitrogens with one attached hydrogen (secondary N) is 3. The number of likely N-dealkylation sites (N-methyl/N-ethyl adjacent to an activating group) is 1. The fourth-order valence-electron chi connectivity index (χ4n) is 9.77. The topological polar surface area (TPSA) is 200 Å². The summed E-state index contributed by atoms with van der Waals surface area (Å²) in [6, 6.07) is 27.0. The smallest absolute Gasteiger partial charge is 0.340 e. The molecule has 67 heavy (non-hydrogen) atoms. The number of ether oxygens (including phenoxy) is 2. The van der Waals surface area contributed by atoms with Gasteiger partial charge >= 0.3 is 5.97 Å². The second-order valence-corrected chi connectivity index (χ2v) is 18.6. The molecule has 0 bridgehead atoms. The molecule has 4 heterocycles. The minimum Gasteiger partial charge on any atom is -0.456 e. The number of carbonyl (C=O) groups is 5.